The van der Waals surface area contributed by atoms with Crippen molar-refractivity contribution in [3.63, 3.8) is 0 Å². The molecule has 1 aromatic heterocycles. The average molecular weight is 336 g/mol. The van der Waals surface area contributed by atoms with E-state index in [0.29, 0.717) is 5.82 Å². The first-order valence-electron chi connectivity index (χ1n) is 6.57. The number of aryl methyl sites for hydroxylation is 1. The second kappa shape index (κ2) is 6.70. The molecule has 2 rings (SSSR count). The van der Waals surface area contributed by atoms with Gasteiger partial charge in [-0.3, -0.25) is 0 Å². The van der Waals surface area contributed by atoms with Crippen LogP contribution in [0.3, 0.4) is 0 Å². The molecule has 0 aliphatic heterocycles. The van der Waals surface area contributed by atoms with Gasteiger partial charge in [-0.05, 0) is 31.5 Å². The Kier molecular flexibility index (Phi) is 4.95. The third-order valence-electron chi connectivity index (χ3n) is 2.82. The molecule has 1 aromatic carbocycles. The fourth-order valence-electron chi connectivity index (χ4n) is 1.84. The maximum Gasteiger partial charge on any atom is 0.163 e. The number of hydrogen-bond acceptors (Lipinski definition) is 4. The van der Waals surface area contributed by atoms with Crippen molar-refractivity contribution in [3.05, 3.63) is 34.4 Å². The number of hydrogen-bond donors (Lipinski definition) is 1. The zero-order chi connectivity index (χ0) is 14.5. The maximum atomic E-state index is 5.26. The largest absolute Gasteiger partial charge is 0.497 e. The van der Waals surface area contributed by atoms with Crippen molar-refractivity contribution in [1.82, 2.24) is 9.97 Å². The van der Waals surface area contributed by atoms with E-state index < -0.39 is 0 Å². The van der Waals surface area contributed by atoms with Crippen molar-refractivity contribution in [2.45, 2.75) is 20.3 Å². The summed E-state index contributed by atoms with van der Waals surface area (Å²) in [6, 6.07) is 7.73. The molecular weight excluding hydrogens is 318 g/mol. The summed E-state index contributed by atoms with van der Waals surface area (Å²) in [5, 5.41) is 3.30. The lowest BCUT2D eigenvalue weighted by molar-refractivity contribution is 0.415. The molecule has 5 heteroatoms. The summed E-state index contributed by atoms with van der Waals surface area (Å²) in [5.74, 6) is 2.33. The summed E-state index contributed by atoms with van der Waals surface area (Å²) in [7, 11) is 1.65. The molecule has 0 spiro atoms. The molecule has 0 radical (unpaired) electrons. The van der Waals surface area contributed by atoms with Crippen LogP contribution in [0.1, 0.15) is 19.0 Å². The van der Waals surface area contributed by atoms with Crippen molar-refractivity contribution in [2.24, 2.45) is 0 Å². The zero-order valence-electron chi connectivity index (χ0n) is 11.9. The van der Waals surface area contributed by atoms with Gasteiger partial charge in [-0.25, -0.2) is 9.97 Å². The van der Waals surface area contributed by atoms with E-state index in [1.54, 1.807) is 7.11 Å². The second-order valence-corrected chi connectivity index (χ2v) is 5.35. The smallest absolute Gasteiger partial charge is 0.163 e. The lowest BCUT2D eigenvalue weighted by Crippen LogP contribution is -2.04. The molecular formula is C15H18BrN3O. The van der Waals surface area contributed by atoms with Crippen LogP contribution < -0.4 is 10.1 Å². The van der Waals surface area contributed by atoms with Crippen LogP contribution in [0.15, 0.2) is 28.7 Å². The van der Waals surface area contributed by atoms with Gasteiger partial charge in [-0.15, -0.1) is 0 Å². The number of benzene rings is 1. The second-order valence-electron chi connectivity index (χ2n) is 4.49. The number of methoxy groups -OCH3 is 1. The molecule has 20 heavy (non-hydrogen) atoms. The summed E-state index contributed by atoms with van der Waals surface area (Å²) in [4.78, 5) is 9.08. The average Bonchev–Trinajstić information content (AvgIpc) is 2.45. The Balaban J connectivity index is 2.43. The molecule has 1 heterocycles. The van der Waals surface area contributed by atoms with Gasteiger partial charge >= 0.3 is 0 Å². The predicted molar refractivity (Wildman–Crippen MR) is 85.2 cm³/mol. The molecule has 0 amide bonds. The molecule has 0 fully saturated rings. The molecule has 2 aromatic rings. The fourth-order valence-corrected chi connectivity index (χ4v) is 2.26. The van der Waals surface area contributed by atoms with E-state index in [9.17, 15) is 0 Å². The monoisotopic (exact) mass is 335 g/mol. The standard InChI is InChI=1S/C15H18BrN3O/c1-4-7-17-14-8-10(2)18-15(19-14)12-9-11(20-3)5-6-13(12)16/h5-6,8-9H,4,7H2,1-3H3,(H,17,18,19). The Morgan fingerprint density at radius 2 is 2.05 bits per heavy atom. The van der Waals surface area contributed by atoms with Crippen LogP contribution in [0.2, 0.25) is 0 Å². The van der Waals surface area contributed by atoms with Gasteiger partial charge in [0.05, 0.1) is 7.11 Å². The first-order chi connectivity index (χ1) is 9.63. The third-order valence-corrected chi connectivity index (χ3v) is 3.52. The molecule has 0 aliphatic rings. The molecule has 0 unspecified atom stereocenters. The minimum absolute atomic E-state index is 0.689. The van der Waals surface area contributed by atoms with Crippen molar-refractivity contribution in [1.29, 1.82) is 0 Å². The molecule has 106 valence electrons. The number of aromatic nitrogens is 2. The molecule has 4 nitrogen and oxygen atoms in total. The van der Waals surface area contributed by atoms with Gasteiger partial charge in [-0.2, -0.15) is 0 Å². The van der Waals surface area contributed by atoms with E-state index in [2.05, 4.69) is 38.1 Å². The van der Waals surface area contributed by atoms with Gasteiger partial charge in [0.2, 0.25) is 0 Å². The minimum Gasteiger partial charge on any atom is -0.497 e. The van der Waals surface area contributed by atoms with Gasteiger partial charge < -0.3 is 10.1 Å². The number of halogens is 1. The third kappa shape index (κ3) is 3.48. The molecule has 0 saturated carbocycles. The zero-order valence-corrected chi connectivity index (χ0v) is 13.5. The summed E-state index contributed by atoms with van der Waals surface area (Å²) >= 11 is 3.54. The molecule has 0 atom stereocenters. The van der Waals surface area contributed by atoms with Crippen LogP contribution in [0.5, 0.6) is 5.75 Å². The van der Waals surface area contributed by atoms with E-state index in [-0.39, 0.29) is 0 Å². The number of anilines is 1. The quantitative estimate of drug-likeness (QED) is 0.895. The van der Waals surface area contributed by atoms with E-state index >= 15 is 0 Å². The summed E-state index contributed by atoms with van der Waals surface area (Å²) in [5.41, 5.74) is 1.86. The molecule has 0 aliphatic carbocycles. The number of nitrogens with one attached hydrogen (secondary N) is 1. The SMILES string of the molecule is CCCNc1cc(C)nc(-c2cc(OC)ccc2Br)n1. The van der Waals surface area contributed by atoms with Crippen LogP contribution in [-0.4, -0.2) is 23.6 Å². The van der Waals surface area contributed by atoms with Gasteiger partial charge in [0, 0.05) is 28.3 Å². The van der Waals surface area contributed by atoms with E-state index in [0.717, 1.165) is 40.3 Å². The van der Waals surface area contributed by atoms with Crippen LogP contribution in [-0.2, 0) is 0 Å². The summed E-state index contributed by atoms with van der Waals surface area (Å²) in [6.45, 7) is 4.99. The van der Waals surface area contributed by atoms with Crippen LogP contribution in [0.4, 0.5) is 5.82 Å². The minimum atomic E-state index is 0.689. The van der Waals surface area contributed by atoms with E-state index in [4.69, 9.17) is 4.74 Å². The fraction of sp³-hybridized carbons (Fsp3) is 0.333. The van der Waals surface area contributed by atoms with E-state index in [1.165, 1.54) is 0 Å². The highest BCUT2D eigenvalue weighted by atomic mass is 79.9. The lowest BCUT2D eigenvalue weighted by atomic mass is 10.2. The number of rotatable bonds is 5. The van der Waals surface area contributed by atoms with Gasteiger partial charge in [0.15, 0.2) is 5.82 Å². The first kappa shape index (κ1) is 14.8. The topological polar surface area (TPSA) is 47.0 Å². The van der Waals surface area contributed by atoms with Crippen LogP contribution >= 0.6 is 15.9 Å². The van der Waals surface area contributed by atoms with Crippen molar-refractivity contribution in [2.75, 3.05) is 19.0 Å². The summed E-state index contributed by atoms with van der Waals surface area (Å²) < 4.78 is 6.21. The van der Waals surface area contributed by atoms with Gasteiger partial charge in [0.1, 0.15) is 11.6 Å². The Morgan fingerprint density at radius 1 is 1.25 bits per heavy atom. The highest BCUT2D eigenvalue weighted by Gasteiger charge is 2.10. The lowest BCUT2D eigenvalue weighted by Gasteiger charge is -2.10. The predicted octanol–water partition coefficient (Wildman–Crippen LogP) is 4.05. The Bertz CT molecular complexity index is 602. The van der Waals surface area contributed by atoms with Gasteiger partial charge in [-0.1, -0.05) is 22.9 Å². The Hall–Kier alpha value is -1.62. The number of nitrogens with zero attached hydrogens (tertiary/aromatic N) is 2. The van der Waals surface area contributed by atoms with Crippen molar-refractivity contribution in [3.8, 4) is 17.1 Å². The normalized spacial score (nSPS) is 10.4. The van der Waals surface area contributed by atoms with Crippen LogP contribution in [0, 0.1) is 6.92 Å². The Labute approximate surface area is 127 Å². The van der Waals surface area contributed by atoms with E-state index in [1.807, 2.05) is 31.2 Å². The van der Waals surface area contributed by atoms with Gasteiger partial charge in [0.25, 0.3) is 0 Å². The number of ether oxygens (including phenoxy) is 1. The highest BCUT2D eigenvalue weighted by Crippen LogP contribution is 2.30. The molecule has 0 bridgehead atoms. The molecule has 0 saturated heterocycles. The van der Waals surface area contributed by atoms with Crippen LogP contribution in [0.25, 0.3) is 11.4 Å². The first-order valence-corrected chi connectivity index (χ1v) is 7.36. The molecule has 1 N–H and O–H groups in total. The summed E-state index contributed by atoms with van der Waals surface area (Å²) in [6.07, 6.45) is 1.06. The maximum absolute atomic E-state index is 5.26. The van der Waals surface area contributed by atoms with Crippen molar-refractivity contribution < 1.29 is 4.74 Å². The highest BCUT2D eigenvalue weighted by molar-refractivity contribution is 9.10. The Morgan fingerprint density at radius 3 is 2.75 bits per heavy atom. The van der Waals surface area contributed by atoms with Crippen molar-refractivity contribution >= 4 is 21.7 Å².